The number of pyridine rings is 6. The fourth-order valence-corrected chi connectivity index (χ4v) is 12.6. The van der Waals surface area contributed by atoms with E-state index in [0.29, 0.717) is 22.2 Å². The summed E-state index contributed by atoms with van der Waals surface area (Å²) in [5.74, 6) is 0. The Bertz CT molecular complexity index is 5480. The van der Waals surface area contributed by atoms with Crippen molar-refractivity contribution >= 4 is 45.5 Å². The average Bonchev–Trinajstić information content (AvgIpc) is 1.66. The number of halogens is 1. The first-order valence-corrected chi connectivity index (χ1v) is 34.0. The van der Waals surface area contributed by atoms with E-state index in [-0.39, 0.29) is 0 Å². The van der Waals surface area contributed by atoms with Gasteiger partial charge in [-0.25, -0.2) is 15.0 Å². The van der Waals surface area contributed by atoms with E-state index < -0.39 is 7.12 Å². The van der Waals surface area contributed by atoms with E-state index in [4.69, 9.17) is 25.3 Å². The molecule has 3 aromatic carbocycles. The summed E-state index contributed by atoms with van der Waals surface area (Å²) in [6.45, 7) is 12.4. The molecular formula is C81H68BBrN18O2. The maximum atomic E-state index is 9.22. The van der Waals surface area contributed by atoms with Crippen LogP contribution in [0.3, 0.4) is 0 Å². The lowest BCUT2D eigenvalue weighted by Crippen LogP contribution is -2.29. The summed E-state index contributed by atoms with van der Waals surface area (Å²) in [4.78, 5) is 54.4. The zero-order chi connectivity index (χ0) is 71.9. The van der Waals surface area contributed by atoms with Crippen molar-refractivity contribution in [3.63, 3.8) is 0 Å². The number of aromatic nitrogens is 15. The van der Waals surface area contributed by atoms with Gasteiger partial charge in [0.15, 0.2) is 16.9 Å². The van der Waals surface area contributed by atoms with Gasteiger partial charge in [0, 0.05) is 121 Å². The lowest BCUT2D eigenvalue weighted by molar-refractivity contribution is 0.425. The van der Waals surface area contributed by atoms with Crippen molar-refractivity contribution in [2.45, 2.75) is 80.1 Å². The summed E-state index contributed by atoms with van der Waals surface area (Å²) >= 11 is 3.50. The molecule has 0 amide bonds. The van der Waals surface area contributed by atoms with Crippen LogP contribution in [0.25, 0.3) is 73.2 Å². The van der Waals surface area contributed by atoms with Crippen molar-refractivity contribution in [2.24, 2.45) is 0 Å². The van der Waals surface area contributed by atoms with E-state index in [1.54, 1.807) is 48.9 Å². The van der Waals surface area contributed by atoms with Crippen LogP contribution in [-0.4, -0.2) is 90.2 Å². The highest BCUT2D eigenvalue weighted by molar-refractivity contribution is 9.10. The highest BCUT2D eigenvalue weighted by Crippen LogP contribution is 2.29. The van der Waals surface area contributed by atoms with Gasteiger partial charge in [0.2, 0.25) is 0 Å². The zero-order valence-electron chi connectivity index (χ0n) is 57.4. The standard InChI is InChI=1S/2C27H22N6.C20H18BrN5.C7H6BNO2/c2*1-18-10-23(16-29-14-18)26-19(2)11-21(15-31-26)6-7-24-27-32-17-25(33(27)9-8-30-24)22-5-3-4-20(12-22)13-28;1-13-7-16(11-22-9-13)19-14(2)8-15(10-24-19)3-4-17-20-25-12-18(21)26(20)6-5-23-17;9-5-6-2-1-3-7(4-6)8(10)11/h2*3-5,8-12,14-17H,6-7H2,1-2H3;5-12H,3-4H2,1-2H3;1-4,10-11H. The van der Waals surface area contributed by atoms with Crippen LogP contribution in [0.5, 0.6) is 0 Å². The summed E-state index contributed by atoms with van der Waals surface area (Å²) < 4.78 is 7.01. The predicted molar refractivity (Wildman–Crippen MR) is 401 cm³/mol. The number of nitriles is 3. The molecule has 0 saturated heterocycles. The predicted octanol–water partition coefficient (Wildman–Crippen LogP) is 13.8. The maximum absolute atomic E-state index is 9.22. The number of hydrogen-bond acceptors (Lipinski definition) is 17. The molecule has 0 aliphatic carbocycles. The van der Waals surface area contributed by atoms with Crippen molar-refractivity contribution in [1.29, 1.82) is 15.8 Å². The quantitative estimate of drug-likeness (QED) is 0.0902. The molecule has 0 saturated carbocycles. The number of fused-ring (bicyclic) bond motifs is 3. The molecule has 15 rings (SSSR count). The molecule has 0 aliphatic rings. The van der Waals surface area contributed by atoms with Gasteiger partial charge in [-0.3, -0.25) is 58.1 Å². The molecule has 2 N–H and O–H groups in total. The SMILES string of the molecule is Cc1cncc(-c2ncc(CCc3nccn4c(-c5cccc(C#N)c5)cnc34)cc2C)c1.Cc1cncc(-c2ncc(CCc3nccn4c(-c5cccc(C#N)c5)cnc34)cc2C)c1.Cc1cncc(-c2ncc(CCc3nccn4c(Br)cnc34)cc2C)c1.N#Cc1cccc(B(O)O)c1. The van der Waals surface area contributed by atoms with Gasteiger partial charge in [-0.1, -0.05) is 54.6 Å². The van der Waals surface area contributed by atoms with Gasteiger partial charge < -0.3 is 10.0 Å². The zero-order valence-corrected chi connectivity index (χ0v) is 59.0. The number of aryl methyl sites for hydroxylation is 12. The first-order valence-electron chi connectivity index (χ1n) is 33.2. The summed E-state index contributed by atoms with van der Waals surface area (Å²) in [6, 6.07) is 40.5. The molecule has 0 radical (unpaired) electrons. The maximum Gasteiger partial charge on any atom is 0.488 e. The van der Waals surface area contributed by atoms with E-state index >= 15 is 0 Å². The second-order valence-electron chi connectivity index (χ2n) is 24.8. The average molecular weight is 1420 g/mol. The van der Waals surface area contributed by atoms with Crippen molar-refractivity contribution in [3.8, 4) is 74.5 Å². The molecule has 504 valence electrons. The van der Waals surface area contributed by atoms with E-state index in [9.17, 15) is 10.5 Å². The normalized spacial score (nSPS) is 10.8. The minimum Gasteiger partial charge on any atom is -0.423 e. The summed E-state index contributed by atoms with van der Waals surface area (Å²) in [5.41, 5.74) is 27.6. The Morgan fingerprint density at radius 1 is 0.369 bits per heavy atom. The van der Waals surface area contributed by atoms with E-state index in [2.05, 4.69) is 135 Å². The Kier molecular flexibility index (Phi) is 22.2. The fraction of sp³-hybridized carbons (Fsp3) is 0.148. The molecule has 0 unspecified atom stereocenters. The summed E-state index contributed by atoms with van der Waals surface area (Å²) in [7, 11) is -1.50. The van der Waals surface area contributed by atoms with E-state index in [0.717, 1.165) is 178 Å². The molecule has 0 bridgehead atoms. The summed E-state index contributed by atoms with van der Waals surface area (Å²) in [5, 5.41) is 44.2. The van der Waals surface area contributed by atoms with Gasteiger partial charge >= 0.3 is 7.12 Å². The van der Waals surface area contributed by atoms with Gasteiger partial charge in [0.1, 0.15) is 4.60 Å². The molecule has 103 heavy (non-hydrogen) atoms. The fourth-order valence-electron chi connectivity index (χ4n) is 12.2. The van der Waals surface area contributed by atoms with Crippen LogP contribution in [0.4, 0.5) is 0 Å². The second kappa shape index (κ2) is 32.6. The first kappa shape index (κ1) is 70.2. The smallest absolute Gasteiger partial charge is 0.423 e. The van der Waals surface area contributed by atoms with Crippen LogP contribution >= 0.6 is 15.9 Å². The highest BCUT2D eigenvalue weighted by atomic mass is 79.9. The third-order valence-corrected chi connectivity index (χ3v) is 17.7. The number of imidazole rings is 3. The van der Waals surface area contributed by atoms with Crippen LogP contribution in [0.1, 0.15) is 83.8 Å². The highest BCUT2D eigenvalue weighted by Gasteiger charge is 2.17. The molecule has 15 aromatic rings. The van der Waals surface area contributed by atoms with Crippen LogP contribution < -0.4 is 5.46 Å². The van der Waals surface area contributed by atoms with E-state index in [1.165, 1.54) is 11.6 Å². The molecule has 0 fully saturated rings. The van der Waals surface area contributed by atoms with Gasteiger partial charge in [-0.2, -0.15) is 15.8 Å². The number of hydrogen-bond donors (Lipinski definition) is 2. The van der Waals surface area contributed by atoms with Gasteiger partial charge in [-0.15, -0.1) is 0 Å². The minimum absolute atomic E-state index is 0.337. The third kappa shape index (κ3) is 17.0. The second-order valence-corrected chi connectivity index (χ2v) is 25.7. The molecule has 12 heterocycles. The molecule has 12 aromatic heterocycles. The Morgan fingerprint density at radius 3 is 1.10 bits per heavy atom. The Balaban J connectivity index is 0.000000136. The van der Waals surface area contributed by atoms with Gasteiger partial charge in [0.25, 0.3) is 0 Å². The third-order valence-electron chi connectivity index (χ3n) is 17.1. The van der Waals surface area contributed by atoms with Crippen molar-refractivity contribution < 1.29 is 10.0 Å². The Morgan fingerprint density at radius 2 is 0.728 bits per heavy atom. The van der Waals surface area contributed by atoms with E-state index in [1.807, 2.05) is 169 Å². The number of benzene rings is 3. The molecule has 0 aliphatic heterocycles. The topological polar surface area (TPSA) is 280 Å². The lowest BCUT2D eigenvalue weighted by Gasteiger charge is -2.09. The van der Waals surface area contributed by atoms with Crippen molar-refractivity contribution in [2.75, 3.05) is 0 Å². The molecule has 0 spiro atoms. The minimum atomic E-state index is -1.50. The number of rotatable bonds is 15. The lowest BCUT2D eigenvalue weighted by atomic mass is 9.80. The molecular weight excluding hydrogens is 1350 g/mol. The van der Waals surface area contributed by atoms with Crippen molar-refractivity contribution in [3.05, 3.63) is 309 Å². The van der Waals surface area contributed by atoms with Crippen LogP contribution in [0, 0.1) is 75.5 Å². The van der Waals surface area contributed by atoms with Crippen LogP contribution in [0.15, 0.2) is 225 Å². The Hall–Kier alpha value is -12.6. The Labute approximate surface area is 604 Å². The van der Waals surface area contributed by atoms with Gasteiger partial charge in [-0.05, 0) is 206 Å². The number of nitrogens with zero attached hydrogens (tertiary/aromatic N) is 18. The van der Waals surface area contributed by atoms with Crippen molar-refractivity contribution in [1.82, 2.24) is 73.0 Å². The molecule has 22 heteroatoms. The molecule has 0 atom stereocenters. The first-order chi connectivity index (χ1) is 50.1. The van der Waals surface area contributed by atoms with Crippen LogP contribution in [-0.2, 0) is 38.5 Å². The molecule has 20 nitrogen and oxygen atoms in total. The summed E-state index contributed by atoms with van der Waals surface area (Å²) in [6.07, 6.45) is 38.4. The monoisotopic (exact) mass is 1410 g/mol. The largest absolute Gasteiger partial charge is 0.488 e. The van der Waals surface area contributed by atoms with Crippen LogP contribution in [0.2, 0.25) is 0 Å². The van der Waals surface area contributed by atoms with Gasteiger partial charge in [0.05, 0.1) is 99.0 Å².